The molecule has 0 saturated heterocycles. The predicted molar refractivity (Wildman–Crippen MR) is 127 cm³/mol. The Hall–Kier alpha value is -3.64. The summed E-state index contributed by atoms with van der Waals surface area (Å²) < 4.78 is 20.3. The van der Waals surface area contributed by atoms with E-state index in [-0.39, 0.29) is 31.5 Å². The number of benzene rings is 2. The molecule has 0 aliphatic carbocycles. The minimum absolute atomic E-state index is 0.0182. The molecule has 1 aliphatic rings. The Balaban J connectivity index is 1.96. The zero-order valence-corrected chi connectivity index (χ0v) is 20.7. The molecule has 1 aromatic heterocycles. The first-order valence-corrected chi connectivity index (χ1v) is 11.8. The highest BCUT2D eigenvalue weighted by Crippen LogP contribution is 2.33. The van der Waals surface area contributed by atoms with Crippen molar-refractivity contribution in [1.82, 2.24) is 4.57 Å². The smallest absolute Gasteiger partial charge is 0.338 e. The number of allylic oxidation sites excluding steroid dienone is 1. The molecule has 1 aliphatic heterocycles. The topological polar surface area (TPSA) is 127 Å². The molecule has 2 heterocycles. The van der Waals surface area contributed by atoms with Gasteiger partial charge in [-0.05, 0) is 55.0 Å². The van der Waals surface area contributed by atoms with Gasteiger partial charge in [-0.1, -0.05) is 39.4 Å². The van der Waals surface area contributed by atoms with Crippen LogP contribution in [0.3, 0.4) is 0 Å². The van der Waals surface area contributed by atoms with Gasteiger partial charge in [0.15, 0.2) is 4.80 Å². The van der Waals surface area contributed by atoms with E-state index < -0.39 is 39.7 Å². The Kier molecular flexibility index (Phi) is 6.68. The van der Waals surface area contributed by atoms with Crippen LogP contribution in [0.1, 0.15) is 31.0 Å². The van der Waals surface area contributed by atoms with Crippen LogP contribution in [-0.4, -0.2) is 22.1 Å². The van der Waals surface area contributed by atoms with Gasteiger partial charge in [-0.3, -0.25) is 19.5 Å². The van der Waals surface area contributed by atoms with Gasteiger partial charge in [-0.25, -0.2) is 14.2 Å². The number of hydrogen-bond donors (Lipinski definition) is 0. The summed E-state index contributed by atoms with van der Waals surface area (Å²) in [6.07, 6.45) is 1.41. The number of carbonyl (C=O) groups excluding carboxylic acids is 1. The maximum absolute atomic E-state index is 13.6. The number of thiazole rings is 1. The fraction of sp³-hybridized carbons (Fsp3) is 0.174. The summed E-state index contributed by atoms with van der Waals surface area (Å²) in [4.78, 5) is 41.5. The van der Waals surface area contributed by atoms with Gasteiger partial charge in [0.2, 0.25) is 0 Å². The van der Waals surface area contributed by atoms with Crippen molar-refractivity contribution in [2.24, 2.45) is 4.99 Å². The van der Waals surface area contributed by atoms with E-state index in [0.717, 1.165) is 17.4 Å². The summed E-state index contributed by atoms with van der Waals surface area (Å²) in [5.41, 5.74) is 0.0788. The van der Waals surface area contributed by atoms with Crippen LogP contribution < -0.4 is 20.0 Å². The highest BCUT2D eigenvalue weighted by molar-refractivity contribution is 9.10. The lowest BCUT2D eigenvalue weighted by atomic mass is 9.96. The average molecular weight is 561 g/mol. The number of esters is 1. The molecular formula is C23H16BrFN3O6S-. The Labute approximate surface area is 209 Å². The van der Waals surface area contributed by atoms with Crippen LogP contribution >= 0.6 is 27.3 Å². The molecule has 3 aromatic rings. The number of nitro groups is 1. The normalized spacial score (nSPS) is 15.5. The van der Waals surface area contributed by atoms with E-state index in [0.29, 0.717) is 11.3 Å². The van der Waals surface area contributed by atoms with Gasteiger partial charge in [0.1, 0.15) is 5.82 Å². The molecule has 0 bridgehead atoms. The quantitative estimate of drug-likeness (QED) is 0.268. The molecule has 180 valence electrons. The molecule has 0 N–H and O–H groups in total. The number of fused-ring (bicyclic) bond motifs is 1. The third-order valence-electron chi connectivity index (χ3n) is 5.24. The number of rotatable bonds is 5. The maximum atomic E-state index is 13.6. The minimum atomic E-state index is -0.918. The van der Waals surface area contributed by atoms with E-state index >= 15 is 0 Å². The molecule has 2 aromatic carbocycles. The van der Waals surface area contributed by atoms with Crippen molar-refractivity contribution >= 4 is 45.0 Å². The fourth-order valence-electron chi connectivity index (χ4n) is 3.72. The lowest BCUT2D eigenvalue weighted by molar-refractivity contribution is -0.398. The van der Waals surface area contributed by atoms with Crippen LogP contribution in [-0.2, 0) is 9.53 Å². The first kappa shape index (κ1) is 24.5. The first-order chi connectivity index (χ1) is 16.6. The van der Waals surface area contributed by atoms with E-state index in [1.54, 1.807) is 13.8 Å². The van der Waals surface area contributed by atoms with Crippen molar-refractivity contribution in [2.45, 2.75) is 19.9 Å². The molecule has 0 saturated carbocycles. The van der Waals surface area contributed by atoms with Crippen molar-refractivity contribution in [2.75, 3.05) is 6.61 Å². The van der Waals surface area contributed by atoms with E-state index in [4.69, 9.17) is 4.74 Å². The zero-order chi connectivity index (χ0) is 25.4. The fourth-order valence-corrected chi connectivity index (χ4v) is 5.24. The van der Waals surface area contributed by atoms with Crippen molar-refractivity contribution in [3.05, 3.63) is 98.9 Å². The summed E-state index contributed by atoms with van der Waals surface area (Å²) >= 11 is 4.04. The van der Waals surface area contributed by atoms with Crippen molar-refractivity contribution in [3.8, 4) is 5.75 Å². The molecule has 35 heavy (non-hydrogen) atoms. The number of aromatic nitrogens is 1. The summed E-state index contributed by atoms with van der Waals surface area (Å²) in [5.74, 6) is -1.91. The third-order valence-corrected chi connectivity index (χ3v) is 6.82. The predicted octanol–water partition coefficient (Wildman–Crippen LogP) is 2.68. The summed E-state index contributed by atoms with van der Waals surface area (Å²) in [6, 6.07) is 6.94. The van der Waals surface area contributed by atoms with Crippen LogP contribution in [0, 0.1) is 15.9 Å². The van der Waals surface area contributed by atoms with Crippen LogP contribution in [0.5, 0.6) is 5.75 Å². The zero-order valence-electron chi connectivity index (χ0n) is 18.3. The molecule has 0 radical (unpaired) electrons. The largest absolute Gasteiger partial charge is 0.867 e. The van der Waals surface area contributed by atoms with Gasteiger partial charge in [-0.15, -0.1) is 0 Å². The van der Waals surface area contributed by atoms with Gasteiger partial charge < -0.3 is 9.84 Å². The van der Waals surface area contributed by atoms with Crippen molar-refractivity contribution in [3.63, 3.8) is 0 Å². The average Bonchev–Trinajstić information content (AvgIpc) is 3.10. The molecule has 0 amide bonds. The highest BCUT2D eigenvalue weighted by Gasteiger charge is 2.33. The highest BCUT2D eigenvalue weighted by atomic mass is 79.9. The van der Waals surface area contributed by atoms with Gasteiger partial charge in [0.05, 0.1) is 33.4 Å². The number of halogens is 2. The van der Waals surface area contributed by atoms with Crippen molar-refractivity contribution in [1.29, 1.82) is 0 Å². The molecule has 9 nitrogen and oxygen atoms in total. The van der Waals surface area contributed by atoms with Crippen LogP contribution in [0.4, 0.5) is 10.1 Å². The Morgan fingerprint density at radius 3 is 2.66 bits per heavy atom. The van der Waals surface area contributed by atoms with Crippen molar-refractivity contribution < 1.29 is 24.0 Å². The Morgan fingerprint density at radius 1 is 1.34 bits per heavy atom. The number of nitrogens with zero attached hydrogens (tertiary/aromatic N) is 3. The molecule has 0 spiro atoms. The molecular weight excluding hydrogens is 545 g/mol. The second-order valence-electron chi connectivity index (χ2n) is 7.46. The SMILES string of the molecule is CCOC(=O)C1=C(C)N=c2s/c(=C\c3cc(Br)c([O-])c([N+](=O)[O-])c3)c(=O)n2[C@@H]1c1ccc(F)cc1. The Bertz CT molecular complexity index is 1580. The molecule has 4 rings (SSSR count). The number of nitro benzene ring substituents is 1. The van der Waals surface area contributed by atoms with E-state index in [1.807, 2.05) is 0 Å². The van der Waals surface area contributed by atoms with Gasteiger partial charge in [0.25, 0.3) is 11.2 Å². The van der Waals surface area contributed by atoms with Gasteiger partial charge in [0, 0.05) is 10.5 Å². The summed E-state index contributed by atoms with van der Waals surface area (Å²) in [7, 11) is 0. The Morgan fingerprint density at radius 2 is 2.03 bits per heavy atom. The van der Waals surface area contributed by atoms with Crippen LogP contribution in [0.25, 0.3) is 6.08 Å². The standard InChI is InChI=1S/C23H17BrFN3O6S/c1-3-34-22(31)18-11(2)26-23-27(19(18)13-4-6-14(25)7-5-13)21(30)17(35-23)10-12-8-15(24)20(29)16(9-12)28(32)33/h4-10,19,29H,3H2,1-2H3/p-1/b17-10-/t19-/m1/s1. The molecule has 12 heteroatoms. The number of carbonyl (C=O) groups is 1. The lowest BCUT2D eigenvalue weighted by Gasteiger charge is -2.24. The first-order valence-electron chi connectivity index (χ1n) is 10.2. The van der Waals surface area contributed by atoms with E-state index in [1.165, 1.54) is 41.0 Å². The molecule has 1 atom stereocenters. The second-order valence-corrected chi connectivity index (χ2v) is 9.33. The summed E-state index contributed by atoms with van der Waals surface area (Å²) in [5, 5.41) is 23.2. The minimum Gasteiger partial charge on any atom is -0.867 e. The summed E-state index contributed by atoms with van der Waals surface area (Å²) in [6.45, 7) is 3.38. The number of ether oxygens (including phenoxy) is 1. The second kappa shape index (κ2) is 9.55. The van der Waals surface area contributed by atoms with Gasteiger partial charge in [-0.2, -0.15) is 0 Å². The van der Waals surface area contributed by atoms with E-state index in [2.05, 4.69) is 20.9 Å². The lowest BCUT2D eigenvalue weighted by Crippen LogP contribution is -2.39. The molecule has 0 unspecified atom stereocenters. The third kappa shape index (κ3) is 4.54. The van der Waals surface area contributed by atoms with Crippen LogP contribution in [0.15, 0.2) is 61.9 Å². The monoisotopic (exact) mass is 560 g/mol. The van der Waals surface area contributed by atoms with Gasteiger partial charge >= 0.3 is 5.97 Å². The molecule has 0 fully saturated rings. The number of hydrogen-bond acceptors (Lipinski definition) is 8. The van der Waals surface area contributed by atoms with Crippen LogP contribution in [0.2, 0.25) is 0 Å². The maximum Gasteiger partial charge on any atom is 0.338 e. The van der Waals surface area contributed by atoms with E-state index in [9.17, 15) is 29.2 Å².